The Kier molecular flexibility index (Phi) is 6.99. The Morgan fingerprint density at radius 3 is 2.71 bits per heavy atom. The summed E-state index contributed by atoms with van der Waals surface area (Å²) in [5.41, 5.74) is 3.79. The number of hydrogen-bond donors (Lipinski definition) is 3. The van der Waals surface area contributed by atoms with E-state index in [0.29, 0.717) is 24.4 Å². The van der Waals surface area contributed by atoms with E-state index in [1.165, 1.54) is 11.6 Å². The van der Waals surface area contributed by atoms with Crippen LogP contribution in [0.4, 0.5) is 0 Å². The highest BCUT2D eigenvalue weighted by molar-refractivity contribution is 7.89. The first-order valence-electron chi connectivity index (χ1n) is 12.1. The predicted molar refractivity (Wildman–Crippen MR) is 132 cm³/mol. The molecule has 2 aromatic carbocycles. The summed E-state index contributed by atoms with van der Waals surface area (Å²) in [5, 5.41) is 9.76. The first-order chi connectivity index (χ1) is 17.0. The molecule has 0 radical (unpaired) electrons. The first kappa shape index (κ1) is 23.7. The van der Waals surface area contributed by atoms with Gasteiger partial charge in [-0.3, -0.25) is 9.89 Å². The van der Waals surface area contributed by atoms with E-state index >= 15 is 0 Å². The standard InChI is InChI=1S/C26H30N4O4S/c31-26(27-17-25-23-9-5-4-6-18(23)11-13-34-25)20-14-19(24-10-12-28-29-24)15-22(16-20)35(32,33)30-21-7-2-1-3-8-21/h4-6,9-10,12,14-16,21,25,30H,1-3,7-8,11,13,17H2,(H,27,31)(H,28,29). The number of carbonyl (C=O) groups is 1. The van der Waals surface area contributed by atoms with Gasteiger partial charge in [-0.25, -0.2) is 13.1 Å². The van der Waals surface area contributed by atoms with Gasteiger partial charge in [0, 0.05) is 29.9 Å². The van der Waals surface area contributed by atoms with Gasteiger partial charge in [0.1, 0.15) is 6.10 Å². The highest BCUT2D eigenvalue weighted by Crippen LogP contribution is 2.28. The molecule has 2 aliphatic rings. The average Bonchev–Trinajstić information content (AvgIpc) is 3.42. The number of ether oxygens (including phenoxy) is 1. The van der Waals surface area contributed by atoms with Gasteiger partial charge >= 0.3 is 0 Å². The molecule has 8 nitrogen and oxygen atoms in total. The third-order valence-electron chi connectivity index (χ3n) is 6.76. The second kappa shape index (κ2) is 10.3. The quantitative estimate of drug-likeness (QED) is 0.463. The van der Waals surface area contributed by atoms with Gasteiger partial charge in [0.2, 0.25) is 10.0 Å². The molecule has 9 heteroatoms. The van der Waals surface area contributed by atoms with Crippen LogP contribution < -0.4 is 10.0 Å². The number of amides is 1. The number of nitrogens with one attached hydrogen (secondary N) is 3. The van der Waals surface area contributed by atoms with Gasteiger partial charge in [-0.15, -0.1) is 0 Å². The molecule has 0 saturated heterocycles. The molecule has 1 atom stereocenters. The Morgan fingerprint density at radius 2 is 1.91 bits per heavy atom. The molecular weight excluding hydrogens is 464 g/mol. The molecule has 2 heterocycles. The van der Waals surface area contributed by atoms with Crippen LogP contribution in [0.5, 0.6) is 0 Å². The lowest BCUT2D eigenvalue weighted by Crippen LogP contribution is -2.36. The second-order valence-electron chi connectivity index (χ2n) is 9.19. The van der Waals surface area contributed by atoms with Crippen LogP contribution >= 0.6 is 0 Å². The molecule has 35 heavy (non-hydrogen) atoms. The Labute approximate surface area is 205 Å². The number of nitrogens with zero attached hydrogens (tertiary/aromatic N) is 1. The number of aromatic nitrogens is 2. The topological polar surface area (TPSA) is 113 Å². The molecular formula is C26H30N4O4S. The number of carbonyl (C=O) groups excluding carboxylic acids is 1. The van der Waals surface area contributed by atoms with Gasteiger partial charge in [-0.1, -0.05) is 43.5 Å². The molecule has 3 aromatic rings. The van der Waals surface area contributed by atoms with Gasteiger partial charge in [0.05, 0.1) is 17.2 Å². The molecule has 0 bridgehead atoms. The maximum absolute atomic E-state index is 13.3. The highest BCUT2D eigenvalue weighted by Gasteiger charge is 2.25. The average molecular weight is 495 g/mol. The van der Waals surface area contributed by atoms with Crippen molar-refractivity contribution < 1.29 is 17.9 Å². The molecule has 184 valence electrons. The van der Waals surface area contributed by atoms with Crippen molar-refractivity contribution in [1.82, 2.24) is 20.2 Å². The first-order valence-corrected chi connectivity index (χ1v) is 13.6. The second-order valence-corrected chi connectivity index (χ2v) is 10.9. The van der Waals surface area contributed by atoms with Crippen LogP contribution in [-0.4, -0.2) is 43.7 Å². The van der Waals surface area contributed by atoms with E-state index in [9.17, 15) is 13.2 Å². The van der Waals surface area contributed by atoms with Crippen LogP contribution in [0, 0.1) is 0 Å². The Hall–Kier alpha value is -3.01. The summed E-state index contributed by atoms with van der Waals surface area (Å²) in [5.74, 6) is -0.355. The minimum Gasteiger partial charge on any atom is -0.371 e. The lowest BCUT2D eigenvalue weighted by Gasteiger charge is -2.26. The fourth-order valence-corrected chi connectivity index (χ4v) is 6.27. The van der Waals surface area contributed by atoms with Gasteiger partial charge in [0.15, 0.2) is 0 Å². The summed E-state index contributed by atoms with van der Waals surface area (Å²) in [6, 6.07) is 14.4. The van der Waals surface area contributed by atoms with Crippen molar-refractivity contribution in [1.29, 1.82) is 0 Å². The van der Waals surface area contributed by atoms with Crippen LogP contribution in [0.15, 0.2) is 59.6 Å². The third-order valence-corrected chi connectivity index (χ3v) is 8.26. The van der Waals surface area contributed by atoms with Crippen LogP contribution in [0.2, 0.25) is 0 Å². The van der Waals surface area contributed by atoms with Crippen LogP contribution in [0.3, 0.4) is 0 Å². The van der Waals surface area contributed by atoms with E-state index < -0.39 is 10.0 Å². The molecule has 1 aromatic heterocycles. The minimum absolute atomic E-state index is 0.0691. The van der Waals surface area contributed by atoms with Crippen molar-refractivity contribution in [3.8, 4) is 11.3 Å². The maximum Gasteiger partial charge on any atom is 0.251 e. The number of fused-ring (bicyclic) bond motifs is 1. The van der Waals surface area contributed by atoms with E-state index in [-0.39, 0.29) is 28.5 Å². The van der Waals surface area contributed by atoms with Gasteiger partial charge in [-0.05, 0) is 54.7 Å². The number of rotatable bonds is 7. The zero-order valence-corrected chi connectivity index (χ0v) is 20.3. The molecule has 1 aliphatic carbocycles. The van der Waals surface area contributed by atoms with Crippen molar-refractivity contribution in [2.45, 2.75) is 55.6 Å². The number of benzene rings is 2. The van der Waals surface area contributed by atoms with Crippen molar-refractivity contribution in [2.75, 3.05) is 13.2 Å². The SMILES string of the molecule is O=C(NCC1OCCc2ccccc21)c1cc(-c2ccn[nH]2)cc(S(=O)(=O)NC2CCCCC2)c1. The van der Waals surface area contributed by atoms with E-state index in [1.54, 1.807) is 24.4 Å². The number of sulfonamides is 1. The largest absolute Gasteiger partial charge is 0.371 e. The summed E-state index contributed by atoms with van der Waals surface area (Å²) >= 11 is 0. The molecule has 0 spiro atoms. The molecule has 1 fully saturated rings. The van der Waals surface area contributed by atoms with Crippen molar-refractivity contribution in [3.63, 3.8) is 0 Å². The van der Waals surface area contributed by atoms with Crippen molar-refractivity contribution in [2.24, 2.45) is 0 Å². The zero-order chi connectivity index (χ0) is 24.3. The van der Waals surface area contributed by atoms with Crippen LogP contribution in [0.1, 0.15) is 59.7 Å². The Bertz CT molecular complexity index is 1280. The van der Waals surface area contributed by atoms with E-state index in [2.05, 4.69) is 26.3 Å². The fraction of sp³-hybridized carbons (Fsp3) is 0.385. The smallest absolute Gasteiger partial charge is 0.251 e. The molecule has 1 saturated carbocycles. The summed E-state index contributed by atoms with van der Waals surface area (Å²) in [6.07, 6.45) is 7.02. The van der Waals surface area contributed by atoms with Crippen molar-refractivity contribution in [3.05, 3.63) is 71.4 Å². The Morgan fingerprint density at radius 1 is 1.09 bits per heavy atom. The lowest BCUT2D eigenvalue weighted by atomic mass is 9.96. The predicted octanol–water partition coefficient (Wildman–Crippen LogP) is 3.73. The van der Waals surface area contributed by atoms with Crippen LogP contribution in [-0.2, 0) is 21.2 Å². The maximum atomic E-state index is 13.3. The molecule has 5 rings (SSSR count). The monoisotopic (exact) mass is 494 g/mol. The summed E-state index contributed by atoms with van der Waals surface area (Å²) in [7, 11) is -3.79. The van der Waals surface area contributed by atoms with Gasteiger partial charge in [0.25, 0.3) is 5.91 Å². The van der Waals surface area contributed by atoms with Gasteiger partial charge < -0.3 is 10.1 Å². The number of H-pyrrole nitrogens is 1. The van der Waals surface area contributed by atoms with Crippen LogP contribution in [0.25, 0.3) is 11.3 Å². The lowest BCUT2D eigenvalue weighted by molar-refractivity contribution is 0.0411. The van der Waals surface area contributed by atoms with Crippen molar-refractivity contribution >= 4 is 15.9 Å². The third kappa shape index (κ3) is 5.47. The fourth-order valence-electron chi connectivity index (χ4n) is 4.90. The van der Waals surface area contributed by atoms with E-state index in [4.69, 9.17) is 4.74 Å². The summed E-state index contributed by atoms with van der Waals surface area (Å²) in [4.78, 5) is 13.3. The van der Waals surface area contributed by atoms with Gasteiger partial charge in [-0.2, -0.15) is 5.10 Å². The van der Waals surface area contributed by atoms with E-state index in [1.807, 2.05) is 18.2 Å². The Balaban J connectivity index is 1.39. The molecule has 3 N–H and O–H groups in total. The van der Waals surface area contributed by atoms with E-state index in [0.717, 1.165) is 44.1 Å². The number of aromatic amines is 1. The minimum atomic E-state index is -3.79. The summed E-state index contributed by atoms with van der Waals surface area (Å²) < 4.78 is 35.2. The zero-order valence-electron chi connectivity index (χ0n) is 19.5. The number of hydrogen-bond acceptors (Lipinski definition) is 5. The molecule has 1 amide bonds. The molecule has 1 unspecified atom stereocenters. The normalized spacial score (nSPS) is 18.7. The molecule has 1 aliphatic heterocycles. The summed E-state index contributed by atoms with van der Waals surface area (Å²) in [6.45, 7) is 0.897. The highest BCUT2D eigenvalue weighted by atomic mass is 32.2.